The topological polar surface area (TPSA) is 81.4 Å². The zero-order chi connectivity index (χ0) is 13.8. The first-order valence-corrected chi connectivity index (χ1v) is 7.34. The Morgan fingerprint density at radius 2 is 1.83 bits per heavy atom. The van der Waals surface area contributed by atoms with Gasteiger partial charge in [-0.3, -0.25) is 0 Å². The molecule has 0 aromatic heterocycles. The standard InChI is InChI=1S/C12H20N2O3S/c1-4-14-18(15,16)12-9(2)7-11(8-10(12)3)17-6-5-13/h7-8,14H,4-6,13H2,1-3H3. The number of hydrogen-bond acceptors (Lipinski definition) is 4. The molecule has 0 aliphatic carbocycles. The maximum Gasteiger partial charge on any atom is 0.241 e. The van der Waals surface area contributed by atoms with Crippen LogP contribution in [0.25, 0.3) is 0 Å². The van der Waals surface area contributed by atoms with Crippen molar-refractivity contribution < 1.29 is 13.2 Å². The van der Waals surface area contributed by atoms with Crippen molar-refractivity contribution in [1.29, 1.82) is 0 Å². The molecule has 0 aliphatic rings. The number of aryl methyl sites for hydroxylation is 2. The van der Waals surface area contributed by atoms with Gasteiger partial charge in [0.05, 0.1) is 4.90 Å². The van der Waals surface area contributed by atoms with Gasteiger partial charge in [0.1, 0.15) is 12.4 Å². The van der Waals surface area contributed by atoms with Gasteiger partial charge in [-0.05, 0) is 37.1 Å². The Labute approximate surface area is 108 Å². The molecule has 0 heterocycles. The molecule has 5 nitrogen and oxygen atoms in total. The molecule has 3 N–H and O–H groups in total. The Morgan fingerprint density at radius 3 is 2.28 bits per heavy atom. The van der Waals surface area contributed by atoms with Crippen LogP contribution in [-0.2, 0) is 10.0 Å². The van der Waals surface area contributed by atoms with Crippen molar-refractivity contribution in [3.63, 3.8) is 0 Å². The fourth-order valence-corrected chi connectivity index (χ4v) is 3.35. The van der Waals surface area contributed by atoms with Crippen molar-refractivity contribution in [3.05, 3.63) is 23.3 Å². The molecule has 6 heteroatoms. The zero-order valence-electron chi connectivity index (χ0n) is 11.0. The minimum absolute atomic E-state index is 0.324. The van der Waals surface area contributed by atoms with Gasteiger partial charge in [-0.25, -0.2) is 13.1 Å². The number of ether oxygens (including phenoxy) is 1. The Hall–Kier alpha value is -1.11. The summed E-state index contributed by atoms with van der Waals surface area (Å²) >= 11 is 0. The minimum Gasteiger partial charge on any atom is -0.492 e. The summed E-state index contributed by atoms with van der Waals surface area (Å²) in [6.45, 7) is 6.47. The maximum absolute atomic E-state index is 12.0. The Balaban J connectivity index is 3.16. The van der Waals surface area contributed by atoms with E-state index in [2.05, 4.69) is 4.72 Å². The van der Waals surface area contributed by atoms with Crippen molar-refractivity contribution in [1.82, 2.24) is 4.72 Å². The highest BCUT2D eigenvalue weighted by Crippen LogP contribution is 2.25. The van der Waals surface area contributed by atoms with Gasteiger partial charge in [0, 0.05) is 13.1 Å². The van der Waals surface area contributed by atoms with Crippen molar-refractivity contribution >= 4 is 10.0 Å². The minimum atomic E-state index is -3.44. The molecule has 0 fully saturated rings. The van der Waals surface area contributed by atoms with E-state index in [1.165, 1.54) is 0 Å². The predicted molar refractivity (Wildman–Crippen MR) is 71.3 cm³/mol. The first-order chi connectivity index (χ1) is 8.42. The number of benzene rings is 1. The molecule has 0 radical (unpaired) electrons. The number of nitrogens with two attached hydrogens (primary N) is 1. The summed E-state index contributed by atoms with van der Waals surface area (Å²) in [5.74, 6) is 0.644. The Kier molecular flexibility index (Phi) is 5.13. The van der Waals surface area contributed by atoms with E-state index in [-0.39, 0.29) is 0 Å². The van der Waals surface area contributed by atoms with Gasteiger partial charge in [-0.15, -0.1) is 0 Å². The summed E-state index contributed by atoms with van der Waals surface area (Å²) < 4.78 is 32.0. The van der Waals surface area contributed by atoms with Gasteiger partial charge in [0.15, 0.2) is 0 Å². The largest absolute Gasteiger partial charge is 0.492 e. The molecule has 0 spiro atoms. The van der Waals surface area contributed by atoms with E-state index >= 15 is 0 Å². The van der Waals surface area contributed by atoms with Gasteiger partial charge in [-0.1, -0.05) is 6.92 Å². The lowest BCUT2D eigenvalue weighted by atomic mass is 10.1. The number of nitrogens with one attached hydrogen (secondary N) is 1. The molecule has 0 amide bonds. The van der Waals surface area contributed by atoms with Crippen LogP contribution in [0, 0.1) is 13.8 Å². The highest BCUT2D eigenvalue weighted by atomic mass is 32.2. The molecule has 18 heavy (non-hydrogen) atoms. The van der Waals surface area contributed by atoms with E-state index < -0.39 is 10.0 Å². The molecule has 0 saturated heterocycles. The average molecular weight is 272 g/mol. The van der Waals surface area contributed by atoms with Crippen LogP contribution in [0.15, 0.2) is 17.0 Å². The smallest absolute Gasteiger partial charge is 0.241 e. The van der Waals surface area contributed by atoms with Crippen molar-refractivity contribution in [2.45, 2.75) is 25.7 Å². The van der Waals surface area contributed by atoms with Crippen LogP contribution in [0.4, 0.5) is 0 Å². The lowest BCUT2D eigenvalue weighted by Crippen LogP contribution is -2.24. The second-order valence-corrected chi connectivity index (χ2v) is 5.73. The first-order valence-electron chi connectivity index (χ1n) is 5.86. The Morgan fingerprint density at radius 1 is 1.28 bits per heavy atom. The van der Waals surface area contributed by atoms with E-state index in [4.69, 9.17) is 10.5 Å². The summed E-state index contributed by atoms with van der Waals surface area (Å²) in [5, 5.41) is 0. The van der Waals surface area contributed by atoms with E-state index in [0.717, 1.165) is 0 Å². The molecule has 0 bridgehead atoms. The van der Waals surface area contributed by atoms with Crippen molar-refractivity contribution in [2.75, 3.05) is 19.7 Å². The third-order valence-electron chi connectivity index (χ3n) is 2.42. The SMILES string of the molecule is CCNS(=O)(=O)c1c(C)cc(OCCN)cc1C. The maximum atomic E-state index is 12.0. The molecular weight excluding hydrogens is 252 g/mol. The van der Waals surface area contributed by atoms with Crippen LogP contribution in [0.2, 0.25) is 0 Å². The second kappa shape index (κ2) is 6.17. The second-order valence-electron chi connectivity index (χ2n) is 4.02. The molecule has 0 aliphatic heterocycles. The molecule has 1 aromatic rings. The van der Waals surface area contributed by atoms with Crippen LogP contribution < -0.4 is 15.2 Å². The predicted octanol–water partition coefficient (Wildman–Crippen LogP) is 0.939. The fraction of sp³-hybridized carbons (Fsp3) is 0.500. The zero-order valence-corrected chi connectivity index (χ0v) is 11.8. The summed E-state index contributed by atoms with van der Waals surface area (Å²) in [5.41, 5.74) is 6.70. The summed E-state index contributed by atoms with van der Waals surface area (Å²) in [6.07, 6.45) is 0. The molecule has 0 atom stereocenters. The van der Waals surface area contributed by atoms with Crippen LogP contribution in [0.3, 0.4) is 0 Å². The number of hydrogen-bond donors (Lipinski definition) is 2. The van der Waals surface area contributed by atoms with Crippen LogP contribution in [0.1, 0.15) is 18.1 Å². The van der Waals surface area contributed by atoms with E-state index in [1.54, 1.807) is 32.9 Å². The average Bonchev–Trinajstić information content (AvgIpc) is 2.24. The van der Waals surface area contributed by atoms with Crippen LogP contribution in [-0.4, -0.2) is 28.1 Å². The van der Waals surface area contributed by atoms with Gasteiger partial charge >= 0.3 is 0 Å². The summed E-state index contributed by atoms with van der Waals surface area (Å²) in [6, 6.07) is 3.43. The van der Waals surface area contributed by atoms with Gasteiger partial charge in [0.2, 0.25) is 10.0 Å². The highest BCUT2D eigenvalue weighted by molar-refractivity contribution is 7.89. The molecule has 0 unspecified atom stereocenters. The Bertz CT molecular complexity index is 489. The van der Waals surface area contributed by atoms with E-state index in [0.29, 0.717) is 41.5 Å². The van der Waals surface area contributed by atoms with E-state index in [1.807, 2.05) is 0 Å². The third-order valence-corrected chi connectivity index (χ3v) is 4.27. The van der Waals surface area contributed by atoms with Crippen molar-refractivity contribution in [2.24, 2.45) is 5.73 Å². The summed E-state index contributed by atoms with van der Waals surface area (Å²) in [7, 11) is -3.44. The van der Waals surface area contributed by atoms with Crippen LogP contribution in [0.5, 0.6) is 5.75 Å². The molecular formula is C12H20N2O3S. The molecule has 1 rings (SSSR count). The first kappa shape index (κ1) is 14.9. The van der Waals surface area contributed by atoms with Crippen LogP contribution >= 0.6 is 0 Å². The lowest BCUT2D eigenvalue weighted by molar-refractivity contribution is 0.327. The van der Waals surface area contributed by atoms with Crippen molar-refractivity contribution in [3.8, 4) is 5.75 Å². The molecule has 102 valence electrons. The molecule has 1 aromatic carbocycles. The number of rotatable bonds is 6. The normalized spacial score (nSPS) is 11.6. The highest BCUT2D eigenvalue weighted by Gasteiger charge is 2.19. The van der Waals surface area contributed by atoms with Gasteiger partial charge < -0.3 is 10.5 Å². The molecule has 0 saturated carbocycles. The van der Waals surface area contributed by atoms with E-state index in [9.17, 15) is 8.42 Å². The van der Waals surface area contributed by atoms with Gasteiger partial charge in [-0.2, -0.15) is 0 Å². The number of sulfonamides is 1. The lowest BCUT2D eigenvalue weighted by Gasteiger charge is -2.13. The third kappa shape index (κ3) is 3.44. The fourth-order valence-electron chi connectivity index (χ4n) is 1.86. The van der Waals surface area contributed by atoms with Gasteiger partial charge in [0.25, 0.3) is 0 Å². The monoisotopic (exact) mass is 272 g/mol. The summed E-state index contributed by atoms with van der Waals surface area (Å²) in [4.78, 5) is 0.324. The quantitative estimate of drug-likeness (QED) is 0.807.